The molecular formula is C13H17N3O2S. The van der Waals surface area contributed by atoms with E-state index in [0.717, 1.165) is 25.9 Å². The Morgan fingerprint density at radius 2 is 2.42 bits per heavy atom. The number of likely N-dealkylation sites (N-methyl/N-ethyl adjacent to an activating group) is 1. The first-order chi connectivity index (χ1) is 9.20. The van der Waals surface area contributed by atoms with E-state index in [1.54, 1.807) is 16.5 Å². The molecule has 19 heavy (non-hydrogen) atoms. The number of carbonyl (C=O) groups is 2. The molecule has 1 aromatic rings. The van der Waals surface area contributed by atoms with E-state index in [4.69, 9.17) is 0 Å². The van der Waals surface area contributed by atoms with Crippen LogP contribution in [0.2, 0.25) is 0 Å². The fraction of sp³-hybridized carbons (Fsp3) is 0.615. The highest BCUT2D eigenvalue weighted by atomic mass is 32.1. The molecule has 0 unspecified atom stereocenters. The largest absolute Gasteiger partial charge is 0.341 e. The Bertz CT molecular complexity index is 488. The Balaban J connectivity index is 1.83. The molecule has 2 saturated heterocycles. The summed E-state index contributed by atoms with van der Waals surface area (Å²) in [5.74, 6) is 0.552. The zero-order valence-electron chi connectivity index (χ0n) is 10.9. The Labute approximate surface area is 116 Å². The van der Waals surface area contributed by atoms with Crippen molar-refractivity contribution in [3.05, 3.63) is 16.6 Å². The van der Waals surface area contributed by atoms with Crippen molar-refractivity contribution in [1.29, 1.82) is 0 Å². The standard InChI is InChI=1S/C13H17N3O2S/c1-2-15-8-9-3-5-16(10(7-9)12(15)17)13(18)11-14-4-6-19-11/h4,6,9-10H,2-3,5,7-8H2,1H3/t9-,10+/m0/s1. The van der Waals surface area contributed by atoms with Gasteiger partial charge in [0.1, 0.15) is 6.04 Å². The average molecular weight is 279 g/mol. The van der Waals surface area contributed by atoms with Gasteiger partial charge in [-0.05, 0) is 25.7 Å². The molecule has 0 aliphatic carbocycles. The fourth-order valence-electron chi connectivity index (χ4n) is 3.03. The summed E-state index contributed by atoms with van der Waals surface area (Å²) in [7, 11) is 0. The number of amides is 2. The minimum atomic E-state index is -0.274. The van der Waals surface area contributed by atoms with Crippen molar-refractivity contribution in [1.82, 2.24) is 14.8 Å². The Kier molecular flexibility index (Phi) is 3.26. The van der Waals surface area contributed by atoms with Gasteiger partial charge >= 0.3 is 0 Å². The lowest BCUT2D eigenvalue weighted by molar-refractivity contribution is -0.143. The average Bonchev–Trinajstić information content (AvgIpc) is 2.96. The second-order valence-electron chi connectivity index (χ2n) is 5.12. The van der Waals surface area contributed by atoms with E-state index in [2.05, 4.69) is 4.98 Å². The zero-order valence-corrected chi connectivity index (χ0v) is 11.7. The Morgan fingerprint density at radius 3 is 3.11 bits per heavy atom. The summed E-state index contributed by atoms with van der Waals surface area (Å²) >= 11 is 1.34. The molecule has 2 atom stereocenters. The quantitative estimate of drug-likeness (QED) is 0.818. The molecule has 1 aromatic heterocycles. The van der Waals surface area contributed by atoms with Crippen molar-refractivity contribution in [2.24, 2.45) is 5.92 Å². The van der Waals surface area contributed by atoms with Gasteiger partial charge in [-0.15, -0.1) is 11.3 Å². The van der Waals surface area contributed by atoms with E-state index >= 15 is 0 Å². The summed E-state index contributed by atoms with van der Waals surface area (Å²) in [4.78, 5) is 32.4. The minimum absolute atomic E-state index is 0.0928. The predicted molar refractivity (Wildman–Crippen MR) is 71.9 cm³/mol. The molecule has 6 heteroatoms. The van der Waals surface area contributed by atoms with Crippen LogP contribution < -0.4 is 0 Å². The van der Waals surface area contributed by atoms with Crippen LogP contribution in [0, 0.1) is 5.92 Å². The molecule has 0 aromatic carbocycles. The van der Waals surface area contributed by atoms with Crippen LogP contribution in [0.4, 0.5) is 0 Å². The van der Waals surface area contributed by atoms with Crippen LogP contribution in [0.3, 0.4) is 0 Å². The summed E-state index contributed by atoms with van der Waals surface area (Å²) in [6, 6.07) is -0.274. The van der Waals surface area contributed by atoms with Crippen LogP contribution in [0.15, 0.2) is 11.6 Å². The molecule has 3 rings (SSSR count). The normalized spacial score (nSPS) is 26.7. The number of nitrogens with zero attached hydrogens (tertiary/aromatic N) is 3. The summed E-state index contributed by atoms with van der Waals surface area (Å²) in [6.45, 7) is 4.25. The fourth-order valence-corrected chi connectivity index (χ4v) is 3.62. The number of thiazole rings is 1. The smallest absolute Gasteiger partial charge is 0.283 e. The highest BCUT2D eigenvalue weighted by molar-refractivity contribution is 7.11. The van der Waals surface area contributed by atoms with Crippen LogP contribution >= 0.6 is 11.3 Å². The molecule has 2 fully saturated rings. The number of aromatic nitrogens is 1. The number of piperidine rings is 2. The molecule has 102 valence electrons. The highest BCUT2D eigenvalue weighted by Crippen LogP contribution is 2.31. The van der Waals surface area contributed by atoms with Gasteiger partial charge in [-0.25, -0.2) is 4.98 Å². The predicted octanol–water partition coefficient (Wildman–Crippen LogP) is 1.23. The summed E-state index contributed by atoms with van der Waals surface area (Å²) < 4.78 is 0. The van der Waals surface area contributed by atoms with Crippen LogP contribution in [-0.2, 0) is 4.79 Å². The van der Waals surface area contributed by atoms with Gasteiger partial charge in [-0.2, -0.15) is 0 Å². The maximum absolute atomic E-state index is 12.4. The minimum Gasteiger partial charge on any atom is -0.341 e. The highest BCUT2D eigenvalue weighted by Gasteiger charge is 2.43. The zero-order chi connectivity index (χ0) is 13.4. The number of hydrogen-bond donors (Lipinski definition) is 0. The number of likely N-dealkylation sites (tertiary alicyclic amines) is 2. The van der Waals surface area contributed by atoms with Crippen molar-refractivity contribution >= 4 is 23.2 Å². The summed E-state index contributed by atoms with van der Waals surface area (Å²) in [6.07, 6.45) is 3.43. The lowest BCUT2D eigenvalue weighted by Crippen LogP contribution is -2.60. The molecule has 0 radical (unpaired) electrons. The molecule has 0 spiro atoms. The SMILES string of the molecule is CCN1C[C@H]2CCN(C(=O)c3nccs3)[C@H](C2)C1=O. The first-order valence-corrected chi connectivity index (χ1v) is 7.58. The first-order valence-electron chi connectivity index (χ1n) is 6.70. The maximum Gasteiger partial charge on any atom is 0.283 e. The van der Waals surface area contributed by atoms with E-state index in [1.165, 1.54) is 11.3 Å². The molecular weight excluding hydrogens is 262 g/mol. The number of hydrogen-bond acceptors (Lipinski definition) is 4. The van der Waals surface area contributed by atoms with E-state index in [0.29, 0.717) is 17.5 Å². The molecule has 2 aliphatic heterocycles. The van der Waals surface area contributed by atoms with Crippen LogP contribution in [0.25, 0.3) is 0 Å². The number of fused-ring (bicyclic) bond motifs is 2. The van der Waals surface area contributed by atoms with Crippen molar-refractivity contribution in [3.8, 4) is 0 Å². The van der Waals surface area contributed by atoms with E-state index < -0.39 is 0 Å². The summed E-state index contributed by atoms with van der Waals surface area (Å²) in [5.41, 5.74) is 0. The van der Waals surface area contributed by atoms with Crippen LogP contribution in [-0.4, -0.2) is 52.3 Å². The number of carbonyl (C=O) groups excluding carboxylic acids is 2. The Morgan fingerprint density at radius 1 is 1.58 bits per heavy atom. The Hall–Kier alpha value is -1.43. The van der Waals surface area contributed by atoms with Crippen molar-refractivity contribution < 1.29 is 9.59 Å². The third kappa shape index (κ3) is 2.14. The van der Waals surface area contributed by atoms with E-state index in [-0.39, 0.29) is 17.9 Å². The second kappa shape index (κ2) is 4.92. The second-order valence-corrected chi connectivity index (χ2v) is 6.01. The van der Waals surface area contributed by atoms with E-state index in [1.807, 2.05) is 11.8 Å². The molecule has 0 N–H and O–H groups in total. The molecule has 2 aliphatic rings. The number of rotatable bonds is 2. The van der Waals surface area contributed by atoms with Crippen LogP contribution in [0.5, 0.6) is 0 Å². The summed E-state index contributed by atoms with van der Waals surface area (Å²) in [5, 5.41) is 2.28. The van der Waals surface area contributed by atoms with Gasteiger partial charge in [0, 0.05) is 31.2 Å². The lowest BCUT2D eigenvalue weighted by Gasteiger charge is -2.45. The van der Waals surface area contributed by atoms with E-state index in [9.17, 15) is 9.59 Å². The topological polar surface area (TPSA) is 53.5 Å². The maximum atomic E-state index is 12.4. The third-order valence-electron chi connectivity index (χ3n) is 4.04. The van der Waals surface area contributed by atoms with Gasteiger partial charge in [0.05, 0.1) is 0 Å². The molecule has 2 bridgehead atoms. The molecule has 3 heterocycles. The van der Waals surface area contributed by atoms with Gasteiger partial charge in [0.15, 0.2) is 5.01 Å². The lowest BCUT2D eigenvalue weighted by atomic mass is 9.86. The monoisotopic (exact) mass is 279 g/mol. The van der Waals surface area contributed by atoms with Crippen molar-refractivity contribution in [3.63, 3.8) is 0 Å². The van der Waals surface area contributed by atoms with Crippen molar-refractivity contribution in [2.45, 2.75) is 25.8 Å². The van der Waals surface area contributed by atoms with Gasteiger partial charge in [-0.3, -0.25) is 9.59 Å². The molecule has 2 amide bonds. The van der Waals surface area contributed by atoms with Gasteiger partial charge in [0.2, 0.25) is 5.91 Å². The molecule has 0 saturated carbocycles. The molecule has 5 nitrogen and oxygen atoms in total. The third-order valence-corrected chi connectivity index (χ3v) is 4.81. The van der Waals surface area contributed by atoms with Crippen molar-refractivity contribution in [2.75, 3.05) is 19.6 Å². The van der Waals surface area contributed by atoms with Gasteiger partial charge in [0.25, 0.3) is 5.91 Å². The van der Waals surface area contributed by atoms with Gasteiger partial charge < -0.3 is 9.80 Å². The first kappa shape index (κ1) is 12.6. The van der Waals surface area contributed by atoms with Crippen LogP contribution in [0.1, 0.15) is 29.6 Å². The van der Waals surface area contributed by atoms with Gasteiger partial charge in [-0.1, -0.05) is 0 Å².